The highest BCUT2D eigenvalue weighted by molar-refractivity contribution is 6.49. The molecular formula is C9H4Cl4F2O4. The van der Waals surface area contributed by atoms with E-state index in [1.165, 1.54) is 0 Å². The Balaban J connectivity index is 2.91. The van der Waals surface area contributed by atoms with Crippen molar-refractivity contribution in [3.05, 3.63) is 11.1 Å². The molecule has 1 fully saturated rings. The molecule has 4 unspecified atom stereocenters. The third-order valence-corrected chi connectivity index (χ3v) is 6.17. The van der Waals surface area contributed by atoms with Gasteiger partial charge >= 0.3 is 11.9 Å². The van der Waals surface area contributed by atoms with E-state index in [1.807, 2.05) is 0 Å². The number of halogens is 6. The van der Waals surface area contributed by atoms with Gasteiger partial charge in [0.2, 0.25) is 0 Å². The van der Waals surface area contributed by atoms with Crippen LogP contribution in [0.1, 0.15) is 0 Å². The molecule has 1 saturated carbocycles. The summed E-state index contributed by atoms with van der Waals surface area (Å²) in [7, 11) is 0. The number of alkyl halides is 6. The highest BCUT2D eigenvalue weighted by Gasteiger charge is 2.87. The van der Waals surface area contributed by atoms with Crippen LogP contribution >= 0.6 is 46.4 Å². The van der Waals surface area contributed by atoms with Crippen molar-refractivity contribution in [3.8, 4) is 0 Å². The van der Waals surface area contributed by atoms with Crippen molar-refractivity contribution in [1.82, 2.24) is 0 Å². The van der Waals surface area contributed by atoms with Gasteiger partial charge in [-0.2, -0.15) is 0 Å². The van der Waals surface area contributed by atoms with Crippen LogP contribution in [0.15, 0.2) is 11.1 Å². The largest absolute Gasteiger partial charge is 0.478 e. The highest BCUT2D eigenvalue weighted by atomic mass is 35.5. The number of carbonyl (C=O) groups is 2. The van der Waals surface area contributed by atoms with Gasteiger partial charge in [0.25, 0.3) is 5.92 Å². The lowest BCUT2D eigenvalue weighted by molar-refractivity contribution is -0.136. The van der Waals surface area contributed by atoms with Crippen molar-refractivity contribution >= 4 is 58.3 Å². The summed E-state index contributed by atoms with van der Waals surface area (Å²) in [5.41, 5.74) is -2.45. The molecule has 4 atom stereocenters. The van der Waals surface area contributed by atoms with E-state index < -0.39 is 49.5 Å². The summed E-state index contributed by atoms with van der Waals surface area (Å²) in [5.74, 6) is -7.98. The summed E-state index contributed by atoms with van der Waals surface area (Å²) >= 11 is 22.7. The zero-order valence-corrected chi connectivity index (χ0v) is 11.7. The van der Waals surface area contributed by atoms with E-state index in [-0.39, 0.29) is 0 Å². The standard InChI is InChI=1S/C9H4Cl4F2O4/c10-3-4(11)8(13)2(6(18)19)1(5(16)17)7(3,12)9(8,14)15/h3-4H,(H,16,17)(H,18,19). The monoisotopic (exact) mass is 354 g/mol. The number of hydrogen-bond acceptors (Lipinski definition) is 2. The normalized spacial score (nSPS) is 43.7. The third-order valence-electron chi connectivity index (χ3n) is 3.34. The Morgan fingerprint density at radius 1 is 0.947 bits per heavy atom. The van der Waals surface area contributed by atoms with E-state index in [2.05, 4.69) is 0 Å². The van der Waals surface area contributed by atoms with Crippen LogP contribution in [-0.2, 0) is 9.59 Å². The van der Waals surface area contributed by atoms with Gasteiger partial charge in [0.15, 0.2) is 9.75 Å². The van der Waals surface area contributed by atoms with E-state index >= 15 is 0 Å². The molecule has 0 aromatic carbocycles. The van der Waals surface area contributed by atoms with Crippen molar-refractivity contribution in [1.29, 1.82) is 0 Å². The van der Waals surface area contributed by atoms with Crippen LogP contribution in [0.4, 0.5) is 8.78 Å². The first-order chi connectivity index (χ1) is 8.45. The molecule has 19 heavy (non-hydrogen) atoms. The zero-order valence-electron chi connectivity index (χ0n) is 8.63. The first-order valence-corrected chi connectivity index (χ1v) is 6.34. The molecule has 2 aliphatic carbocycles. The summed E-state index contributed by atoms with van der Waals surface area (Å²) < 4.78 is 28.6. The first kappa shape index (κ1) is 15.1. The topological polar surface area (TPSA) is 74.6 Å². The van der Waals surface area contributed by atoms with Crippen LogP contribution in [0.25, 0.3) is 0 Å². The Morgan fingerprint density at radius 3 is 1.42 bits per heavy atom. The number of fused-ring (bicyclic) bond motifs is 2. The van der Waals surface area contributed by atoms with Crippen LogP contribution in [0.5, 0.6) is 0 Å². The predicted molar refractivity (Wildman–Crippen MR) is 63.7 cm³/mol. The molecule has 0 aromatic rings. The molecule has 0 aliphatic heterocycles. The summed E-state index contributed by atoms with van der Waals surface area (Å²) in [5, 5.41) is 14.5. The van der Waals surface area contributed by atoms with Gasteiger partial charge in [-0.25, -0.2) is 18.4 Å². The molecule has 10 heteroatoms. The lowest BCUT2D eigenvalue weighted by Gasteiger charge is -2.29. The van der Waals surface area contributed by atoms with Crippen LogP contribution in [0.2, 0.25) is 0 Å². The Kier molecular flexibility index (Phi) is 3.08. The molecule has 2 rings (SSSR count). The molecule has 0 amide bonds. The van der Waals surface area contributed by atoms with E-state index in [0.29, 0.717) is 0 Å². The Morgan fingerprint density at radius 2 is 1.21 bits per heavy atom. The lowest BCUT2D eigenvalue weighted by atomic mass is 9.90. The van der Waals surface area contributed by atoms with Gasteiger partial charge in [-0.15, -0.1) is 46.4 Å². The molecule has 2 aliphatic rings. The molecule has 0 heterocycles. The van der Waals surface area contributed by atoms with Gasteiger partial charge in [0.1, 0.15) is 0 Å². The number of aliphatic carboxylic acids is 2. The number of carboxylic acids is 2. The molecular weight excluding hydrogens is 352 g/mol. The zero-order chi connectivity index (χ0) is 15.0. The van der Waals surface area contributed by atoms with Crippen LogP contribution in [0, 0.1) is 0 Å². The van der Waals surface area contributed by atoms with Crippen molar-refractivity contribution < 1.29 is 28.6 Å². The van der Waals surface area contributed by atoms with Crippen molar-refractivity contribution in [2.75, 3.05) is 0 Å². The predicted octanol–water partition coefficient (Wildman–Crippen LogP) is 2.28. The van der Waals surface area contributed by atoms with Gasteiger partial charge < -0.3 is 10.2 Å². The summed E-state index contributed by atoms with van der Waals surface area (Å²) in [6.45, 7) is 0. The SMILES string of the molecule is O=C(O)C1=C(C(=O)O)C2(Cl)C(Cl)C(Cl)C1(Cl)C2(F)F. The van der Waals surface area contributed by atoms with Gasteiger partial charge in [-0.3, -0.25) is 0 Å². The molecule has 0 saturated heterocycles. The van der Waals surface area contributed by atoms with Gasteiger partial charge in [0, 0.05) is 0 Å². The van der Waals surface area contributed by atoms with E-state index in [9.17, 15) is 18.4 Å². The Labute approximate surface area is 124 Å². The average molecular weight is 356 g/mol. The third kappa shape index (κ3) is 1.31. The quantitative estimate of drug-likeness (QED) is 0.745. The maximum Gasteiger partial charge on any atom is 0.334 e. The molecule has 2 bridgehead atoms. The van der Waals surface area contributed by atoms with E-state index in [4.69, 9.17) is 56.6 Å². The molecule has 2 N–H and O–H groups in total. The fraction of sp³-hybridized carbons (Fsp3) is 0.556. The van der Waals surface area contributed by atoms with Crippen molar-refractivity contribution in [2.24, 2.45) is 0 Å². The minimum Gasteiger partial charge on any atom is -0.478 e. The second kappa shape index (κ2) is 3.87. The number of hydrogen-bond donors (Lipinski definition) is 2. The average Bonchev–Trinajstić information content (AvgIpc) is 2.48. The van der Waals surface area contributed by atoms with Crippen LogP contribution in [-0.4, -0.2) is 48.6 Å². The summed E-state index contributed by atoms with van der Waals surface area (Å²) in [6.07, 6.45) is 0. The molecule has 106 valence electrons. The Hall–Kier alpha value is -0.300. The maximum atomic E-state index is 14.3. The minimum absolute atomic E-state index is 1.22. The first-order valence-electron chi connectivity index (χ1n) is 4.71. The Bertz CT molecular complexity index is 492. The van der Waals surface area contributed by atoms with E-state index in [1.54, 1.807) is 0 Å². The highest BCUT2D eigenvalue weighted by Crippen LogP contribution is 2.71. The molecule has 0 radical (unpaired) electrons. The molecule has 0 spiro atoms. The van der Waals surface area contributed by atoms with Crippen LogP contribution in [0.3, 0.4) is 0 Å². The van der Waals surface area contributed by atoms with Crippen LogP contribution < -0.4 is 0 Å². The number of carboxylic acid groups (broad SMARTS) is 2. The van der Waals surface area contributed by atoms with E-state index in [0.717, 1.165) is 0 Å². The van der Waals surface area contributed by atoms with Gasteiger partial charge in [-0.05, 0) is 0 Å². The number of rotatable bonds is 2. The van der Waals surface area contributed by atoms with Crippen molar-refractivity contribution in [3.63, 3.8) is 0 Å². The fourth-order valence-electron chi connectivity index (χ4n) is 2.49. The lowest BCUT2D eigenvalue weighted by Crippen LogP contribution is -2.48. The minimum atomic E-state index is -4.12. The molecule has 0 aromatic heterocycles. The van der Waals surface area contributed by atoms with Crippen molar-refractivity contribution in [2.45, 2.75) is 26.4 Å². The van der Waals surface area contributed by atoms with Gasteiger partial charge in [-0.1, -0.05) is 0 Å². The maximum absolute atomic E-state index is 14.3. The smallest absolute Gasteiger partial charge is 0.334 e. The fourth-order valence-corrected chi connectivity index (χ4v) is 4.44. The molecule has 4 nitrogen and oxygen atoms in total. The second-order valence-corrected chi connectivity index (χ2v) is 6.29. The second-order valence-electron chi connectivity index (χ2n) is 4.16. The van der Waals surface area contributed by atoms with Gasteiger partial charge in [0.05, 0.1) is 21.9 Å². The summed E-state index contributed by atoms with van der Waals surface area (Å²) in [6, 6.07) is 0. The summed E-state index contributed by atoms with van der Waals surface area (Å²) in [4.78, 5) is 16.2.